The molecule has 0 radical (unpaired) electrons. The van der Waals surface area contributed by atoms with Gasteiger partial charge in [-0.1, -0.05) is 11.6 Å². The van der Waals surface area contributed by atoms with E-state index in [-0.39, 0.29) is 5.91 Å². The number of nitrogens with zero attached hydrogens (tertiary/aromatic N) is 1. The molecular weight excluding hydrogens is 393 g/mol. The molecule has 2 amide bonds. The molecule has 3 aromatic carbocycles. The third-order valence-electron chi connectivity index (χ3n) is 5.02. The number of fused-ring (bicyclic) bond motifs is 1. The van der Waals surface area contributed by atoms with Gasteiger partial charge in [0.2, 0.25) is 5.91 Å². The second kappa shape index (κ2) is 6.90. The van der Waals surface area contributed by atoms with Crippen molar-refractivity contribution >= 4 is 40.5 Å². The number of amides is 2. The molecule has 0 bridgehead atoms. The Hall–Kier alpha value is -3.38. The number of nitrogens with two attached hydrogens (primary N) is 1. The lowest BCUT2D eigenvalue weighted by Crippen LogP contribution is -2.42. The van der Waals surface area contributed by atoms with Gasteiger partial charge in [0.05, 0.1) is 5.69 Å². The number of nitrogens with one attached hydrogen (secondary N) is 1. The molecule has 1 aliphatic rings. The number of primary amides is 1. The third-order valence-corrected chi connectivity index (χ3v) is 5.27. The van der Waals surface area contributed by atoms with Crippen LogP contribution in [-0.2, 0) is 10.3 Å². The summed E-state index contributed by atoms with van der Waals surface area (Å²) in [6, 6.07) is 17.6. The van der Waals surface area contributed by atoms with Gasteiger partial charge in [-0.15, -0.1) is 0 Å². The first-order valence-corrected chi connectivity index (χ1v) is 9.25. The summed E-state index contributed by atoms with van der Waals surface area (Å²) >= 11 is 5.98. The first kappa shape index (κ1) is 19.0. The topological polar surface area (TPSA) is 75.4 Å². The van der Waals surface area contributed by atoms with Crippen molar-refractivity contribution in [3.63, 3.8) is 0 Å². The number of carbonyl (C=O) groups is 2. The van der Waals surface area contributed by atoms with Gasteiger partial charge in [-0.3, -0.25) is 14.5 Å². The molecular formula is C22H17ClFN3O2. The first-order chi connectivity index (χ1) is 13.8. The molecule has 1 heterocycles. The van der Waals surface area contributed by atoms with Crippen LogP contribution in [0.5, 0.6) is 0 Å². The smallest absolute Gasteiger partial charge is 0.261 e. The van der Waals surface area contributed by atoms with E-state index in [4.69, 9.17) is 17.3 Å². The number of halogens is 2. The highest BCUT2D eigenvalue weighted by atomic mass is 35.5. The number of carbonyl (C=O) groups excluding carboxylic acids is 2. The lowest BCUT2D eigenvalue weighted by molar-refractivity contribution is -0.121. The average Bonchev–Trinajstić information content (AvgIpc) is 2.90. The molecule has 1 aliphatic heterocycles. The van der Waals surface area contributed by atoms with Gasteiger partial charge in [0.15, 0.2) is 0 Å². The Balaban J connectivity index is 1.78. The Morgan fingerprint density at radius 3 is 2.34 bits per heavy atom. The molecule has 0 aliphatic carbocycles. The van der Waals surface area contributed by atoms with E-state index in [1.807, 2.05) is 0 Å². The van der Waals surface area contributed by atoms with Crippen molar-refractivity contribution in [3.8, 4) is 0 Å². The summed E-state index contributed by atoms with van der Waals surface area (Å²) in [6.45, 7) is 1.70. The van der Waals surface area contributed by atoms with Crippen LogP contribution in [0.1, 0.15) is 22.8 Å². The van der Waals surface area contributed by atoms with Crippen molar-refractivity contribution in [1.82, 2.24) is 0 Å². The van der Waals surface area contributed by atoms with E-state index >= 15 is 0 Å². The van der Waals surface area contributed by atoms with E-state index in [1.54, 1.807) is 61.5 Å². The Bertz CT molecular complexity index is 1120. The molecule has 0 fully saturated rings. The van der Waals surface area contributed by atoms with Crippen LogP contribution in [0, 0.1) is 5.82 Å². The zero-order valence-electron chi connectivity index (χ0n) is 15.4. The quantitative estimate of drug-likeness (QED) is 0.662. The molecule has 4 rings (SSSR count). The summed E-state index contributed by atoms with van der Waals surface area (Å²) in [4.78, 5) is 26.3. The second-order valence-electron chi connectivity index (χ2n) is 6.97. The zero-order chi connectivity index (χ0) is 20.8. The SMILES string of the molecule is CC1(Nc2ccc(C(N)=O)cc2)C(=O)N(c2ccc(Cl)cc2)c2ccc(F)cc21. The predicted molar refractivity (Wildman–Crippen MR) is 111 cm³/mol. The van der Waals surface area contributed by atoms with Gasteiger partial charge in [0, 0.05) is 27.5 Å². The summed E-state index contributed by atoms with van der Waals surface area (Å²) in [6.07, 6.45) is 0. The van der Waals surface area contributed by atoms with Gasteiger partial charge in [-0.25, -0.2) is 4.39 Å². The maximum atomic E-state index is 14.1. The molecule has 0 aromatic heterocycles. The van der Waals surface area contributed by atoms with Crippen molar-refractivity contribution in [2.45, 2.75) is 12.5 Å². The molecule has 0 spiro atoms. The van der Waals surface area contributed by atoms with Crippen LogP contribution in [-0.4, -0.2) is 11.8 Å². The highest BCUT2D eigenvalue weighted by Gasteiger charge is 2.48. The molecule has 0 saturated heterocycles. The standard InChI is InChI=1S/C22H17ClFN3O2/c1-22(26-16-7-2-13(3-8-16)20(25)28)18-12-15(24)6-11-19(18)27(21(22)29)17-9-4-14(23)5-10-17/h2-12,26H,1H3,(H2,25,28). The Morgan fingerprint density at radius 1 is 1.07 bits per heavy atom. The predicted octanol–water partition coefficient (Wildman–Crippen LogP) is 4.58. The average molecular weight is 410 g/mol. The minimum atomic E-state index is -1.22. The lowest BCUT2D eigenvalue weighted by atomic mass is 9.93. The normalized spacial score (nSPS) is 17.9. The van der Waals surface area contributed by atoms with Gasteiger partial charge in [-0.05, 0) is 73.7 Å². The number of hydrogen-bond donors (Lipinski definition) is 2. The van der Waals surface area contributed by atoms with Crippen molar-refractivity contribution in [1.29, 1.82) is 0 Å². The lowest BCUT2D eigenvalue weighted by Gasteiger charge is -2.27. The second-order valence-corrected chi connectivity index (χ2v) is 7.41. The van der Waals surface area contributed by atoms with Crippen molar-refractivity contribution in [2.24, 2.45) is 5.73 Å². The first-order valence-electron chi connectivity index (χ1n) is 8.88. The van der Waals surface area contributed by atoms with Crippen molar-refractivity contribution in [3.05, 3.63) is 88.7 Å². The van der Waals surface area contributed by atoms with Gasteiger partial charge in [0.1, 0.15) is 11.4 Å². The highest BCUT2D eigenvalue weighted by Crippen LogP contribution is 2.46. The summed E-state index contributed by atoms with van der Waals surface area (Å²) in [5.41, 5.74) is 6.73. The fourth-order valence-electron chi connectivity index (χ4n) is 3.53. The van der Waals surface area contributed by atoms with Gasteiger partial charge in [0.25, 0.3) is 5.91 Å². The van der Waals surface area contributed by atoms with Crippen LogP contribution in [0.4, 0.5) is 21.5 Å². The molecule has 1 atom stereocenters. The maximum Gasteiger partial charge on any atom is 0.261 e. The van der Waals surface area contributed by atoms with E-state index in [2.05, 4.69) is 5.32 Å². The number of benzene rings is 3. The number of hydrogen-bond acceptors (Lipinski definition) is 3. The van der Waals surface area contributed by atoms with Crippen LogP contribution < -0.4 is 16.0 Å². The monoisotopic (exact) mass is 409 g/mol. The minimum absolute atomic E-state index is 0.264. The Kier molecular flexibility index (Phi) is 4.51. The largest absolute Gasteiger partial charge is 0.368 e. The van der Waals surface area contributed by atoms with Crippen LogP contribution >= 0.6 is 11.6 Å². The van der Waals surface area contributed by atoms with Crippen molar-refractivity contribution in [2.75, 3.05) is 10.2 Å². The molecule has 29 heavy (non-hydrogen) atoms. The van der Waals surface area contributed by atoms with E-state index in [1.165, 1.54) is 17.0 Å². The van der Waals surface area contributed by atoms with E-state index in [0.717, 1.165) is 0 Å². The summed E-state index contributed by atoms with van der Waals surface area (Å²) in [5.74, 6) is -1.24. The Morgan fingerprint density at radius 2 is 1.72 bits per heavy atom. The summed E-state index contributed by atoms with van der Waals surface area (Å²) in [7, 11) is 0. The minimum Gasteiger partial charge on any atom is -0.368 e. The molecule has 5 nitrogen and oxygen atoms in total. The van der Waals surface area contributed by atoms with Gasteiger partial charge in [-0.2, -0.15) is 0 Å². The van der Waals surface area contributed by atoms with Crippen LogP contribution in [0.15, 0.2) is 66.7 Å². The maximum absolute atomic E-state index is 14.1. The third kappa shape index (κ3) is 3.21. The molecule has 0 saturated carbocycles. The van der Waals surface area contributed by atoms with Crippen molar-refractivity contribution < 1.29 is 14.0 Å². The van der Waals surface area contributed by atoms with E-state index in [9.17, 15) is 14.0 Å². The summed E-state index contributed by atoms with van der Waals surface area (Å²) in [5, 5.41) is 3.74. The van der Waals surface area contributed by atoms with E-state index in [0.29, 0.717) is 33.2 Å². The van der Waals surface area contributed by atoms with Crippen LogP contribution in [0.25, 0.3) is 0 Å². The molecule has 146 valence electrons. The van der Waals surface area contributed by atoms with Gasteiger partial charge >= 0.3 is 0 Å². The Labute approximate surface area is 171 Å². The van der Waals surface area contributed by atoms with E-state index < -0.39 is 17.3 Å². The zero-order valence-corrected chi connectivity index (χ0v) is 16.2. The van der Waals surface area contributed by atoms with Crippen LogP contribution in [0.3, 0.4) is 0 Å². The number of rotatable bonds is 4. The van der Waals surface area contributed by atoms with Crippen LogP contribution in [0.2, 0.25) is 5.02 Å². The fourth-order valence-corrected chi connectivity index (χ4v) is 3.65. The molecule has 7 heteroatoms. The fraction of sp³-hybridized carbons (Fsp3) is 0.0909. The highest BCUT2D eigenvalue weighted by molar-refractivity contribution is 6.30. The van der Waals surface area contributed by atoms with Gasteiger partial charge < -0.3 is 11.1 Å². The number of anilines is 3. The summed E-state index contributed by atoms with van der Waals surface area (Å²) < 4.78 is 14.1. The molecule has 1 unspecified atom stereocenters. The molecule has 3 N–H and O–H groups in total. The molecule has 3 aromatic rings.